The standard InChI is InChI=1S/C20H28N6O/c1-27-18-9-5-4-8-17(18)24-12-14-25(15-13-24)19-16-21-23-20(22-19)26-10-6-2-3-7-11-26/h4-5,8-9,16H,2-3,6-7,10-15H2,1H3. The lowest BCUT2D eigenvalue weighted by molar-refractivity contribution is 0.413. The van der Waals surface area contributed by atoms with Gasteiger partial charge in [0.2, 0.25) is 5.95 Å². The van der Waals surface area contributed by atoms with Crippen molar-refractivity contribution in [1.29, 1.82) is 0 Å². The SMILES string of the molecule is COc1ccccc1N1CCN(c2cnnc(N3CCCCCC3)n2)CC1. The van der Waals surface area contributed by atoms with E-state index >= 15 is 0 Å². The number of ether oxygens (including phenoxy) is 1. The van der Waals surface area contributed by atoms with Crippen LogP contribution in [0.4, 0.5) is 17.5 Å². The van der Waals surface area contributed by atoms with Crippen LogP contribution in [0.5, 0.6) is 5.75 Å². The zero-order chi connectivity index (χ0) is 18.5. The third-order valence-electron chi connectivity index (χ3n) is 5.45. The van der Waals surface area contributed by atoms with Gasteiger partial charge in [0.25, 0.3) is 0 Å². The third kappa shape index (κ3) is 4.07. The molecule has 0 radical (unpaired) electrons. The third-order valence-corrected chi connectivity index (χ3v) is 5.45. The molecule has 27 heavy (non-hydrogen) atoms. The molecule has 7 heteroatoms. The predicted molar refractivity (Wildman–Crippen MR) is 108 cm³/mol. The molecule has 2 fully saturated rings. The molecule has 1 aromatic carbocycles. The summed E-state index contributed by atoms with van der Waals surface area (Å²) in [6.45, 7) is 5.76. The zero-order valence-electron chi connectivity index (χ0n) is 16.0. The van der Waals surface area contributed by atoms with E-state index in [1.165, 1.54) is 25.7 Å². The van der Waals surface area contributed by atoms with Crippen LogP contribution in [0, 0.1) is 0 Å². The summed E-state index contributed by atoms with van der Waals surface area (Å²) >= 11 is 0. The van der Waals surface area contributed by atoms with Crippen molar-refractivity contribution in [3.05, 3.63) is 30.5 Å². The maximum atomic E-state index is 5.51. The van der Waals surface area contributed by atoms with E-state index in [-0.39, 0.29) is 0 Å². The van der Waals surface area contributed by atoms with Crippen molar-refractivity contribution in [2.24, 2.45) is 0 Å². The summed E-state index contributed by atoms with van der Waals surface area (Å²) in [5.41, 5.74) is 1.16. The highest BCUT2D eigenvalue weighted by atomic mass is 16.5. The Bertz CT molecular complexity index is 739. The van der Waals surface area contributed by atoms with Gasteiger partial charge in [0.15, 0.2) is 5.82 Å². The van der Waals surface area contributed by atoms with Crippen molar-refractivity contribution in [1.82, 2.24) is 15.2 Å². The predicted octanol–water partition coefficient (Wildman–Crippen LogP) is 2.59. The van der Waals surface area contributed by atoms with E-state index < -0.39 is 0 Å². The molecule has 3 heterocycles. The molecule has 0 atom stereocenters. The molecule has 0 N–H and O–H groups in total. The van der Waals surface area contributed by atoms with E-state index in [9.17, 15) is 0 Å². The van der Waals surface area contributed by atoms with Crippen LogP contribution in [0.1, 0.15) is 25.7 Å². The Morgan fingerprint density at radius 3 is 2.26 bits per heavy atom. The summed E-state index contributed by atoms with van der Waals surface area (Å²) in [5.74, 6) is 2.64. The molecule has 4 rings (SSSR count). The molecular weight excluding hydrogens is 340 g/mol. The van der Waals surface area contributed by atoms with Crippen molar-refractivity contribution in [3.8, 4) is 5.75 Å². The topological polar surface area (TPSA) is 57.6 Å². The van der Waals surface area contributed by atoms with Gasteiger partial charge in [-0.3, -0.25) is 0 Å². The first-order valence-corrected chi connectivity index (χ1v) is 9.93. The van der Waals surface area contributed by atoms with E-state index in [0.29, 0.717) is 0 Å². The molecule has 0 amide bonds. The number of hydrogen-bond acceptors (Lipinski definition) is 7. The Balaban J connectivity index is 1.43. The van der Waals surface area contributed by atoms with Crippen LogP contribution in [0.15, 0.2) is 30.5 Å². The first-order chi connectivity index (χ1) is 13.3. The molecule has 7 nitrogen and oxygen atoms in total. The molecule has 2 aromatic rings. The number of methoxy groups -OCH3 is 1. The largest absolute Gasteiger partial charge is 0.495 e. The van der Waals surface area contributed by atoms with E-state index in [1.807, 2.05) is 12.1 Å². The van der Waals surface area contributed by atoms with Crippen LogP contribution in [0.2, 0.25) is 0 Å². The van der Waals surface area contributed by atoms with Gasteiger partial charge in [-0.2, -0.15) is 10.1 Å². The number of rotatable bonds is 4. The Labute approximate surface area is 161 Å². The number of hydrogen-bond donors (Lipinski definition) is 0. The van der Waals surface area contributed by atoms with E-state index in [2.05, 4.69) is 37.0 Å². The summed E-state index contributed by atoms with van der Waals surface area (Å²) in [4.78, 5) is 11.8. The van der Waals surface area contributed by atoms with Crippen molar-refractivity contribution in [2.45, 2.75) is 25.7 Å². The summed E-state index contributed by atoms with van der Waals surface area (Å²) in [6.07, 6.45) is 6.82. The van der Waals surface area contributed by atoms with Gasteiger partial charge in [0, 0.05) is 39.3 Å². The number of piperazine rings is 1. The first-order valence-electron chi connectivity index (χ1n) is 9.93. The number of para-hydroxylation sites is 2. The van der Waals surface area contributed by atoms with Gasteiger partial charge in [-0.25, -0.2) is 0 Å². The highest BCUT2D eigenvalue weighted by Crippen LogP contribution is 2.29. The van der Waals surface area contributed by atoms with Crippen molar-refractivity contribution in [3.63, 3.8) is 0 Å². The highest BCUT2D eigenvalue weighted by Gasteiger charge is 2.22. The number of aromatic nitrogens is 3. The fourth-order valence-electron chi connectivity index (χ4n) is 3.91. The molecule has 0 bridgehead atoms. The van der Waals surface area contributed by atoms with Crippen LogP contribution >= 0.6 is 0 Å². The molecule has 0 spiro atoms. The number of nitrogens with zero attached hydrogens (tertiary/aromatic N) is 6. The summed E-state index contributed by atoms with van der Waals surface area (Å²) < 4.78 is 5.51. The Kier molecular flexibility index (Phi) is 5.55. The molecule has 0 unspecified atom stereocenters. The van der Waals surface area contributed by atoms with E-state index in [1.54, 1.807) is 13.3 Å². The van der Waals surface area contributed by atoms with E-state index in [0.717, 1.165) is 62.5 Å². The van der Waals surface area contributed by atoms with Crippen LogP contribution in [0.25, 0.3) is 0 Å². The Morgan fingerprint density at radius 2 is 1.52 bits per heavy atom. The summed E-state index contributed by atoms with van der Waals surface area (Å²) in [7, 11) is 1.73. The van der Waals surface area contributed by atoms with Crippen LogP contribution in [-0.4, -0.2) is 61.6 Å². The molecule has 1 aromatic heterocycles. The lowest BCUT2D eigenvalue weighted by atomic mass is 10.2. The van der Waals surface area contributed by atoms with Gasteiger partial charge < -0.3 is 19.4 Å². The molecule has 2 aliphatic rings. The zero-order valence-corrected chi connectivity index (χ0v) is 16.0. The van der Waals surface area contributed by atoms with Gasteiger partial charge in [-0.15, -0.1) is 5.10 Å². The van der Waals surface area contributed by atoms with Crippen molar-refractivity contribution >= 4 is 17.5 Å². The molecular formula is C20H28N6O. The Hall–Kier alpha value is -2.57. The maximum absolute atomic E-state index is 5.51. The second kappa shape index (κ2) is 8.41. The average molecular weight is 368 g/mol. The quantitative estimate of drug-likeness (QED) is 0.822. The smallest absolute Gasteiger partial charge is 0.247 e. The molecule has 2 aliphatic heterocycles. The van der Waals surface area contributed by atoms with Gasteiger partial charge >= 0.3 is 0 Å². The minimum Gasteiger partial charge on any atom is -0.495 e. The first kappa shape index (κ1) is 17.8. The molecule has 2 saturated heterocycles. The molecule has 0 saturated carbocycles. The highest BCUT2D eigenvalue weighted by molar-refractivity contribution is 5.59. The second-order valence-corrected chi connectivity index (χ2v) is 7.16. The van der Waals surface area contributed by atoms with Crippen LogP contribution < -0.4 is 19.4 Å². The van der Waals surface area contributed by atoms with Crippen LogP contribution in [0.3, 0.4) is 0 Å². The maximum Gasteiger partial charge on any atom is 0.247 e. The fraction of sp³-hybridized carbons (Fsp3) is 0.550. The van der Waals surface area contributed by atoms with Crippen LogP contribution in [-0.2, 0) is 0 Å². The summed E-state index contributed by atoms with van der Waals surface area (Å²) in [5, 5.41) is 8.54. The molecule has 144 valence electrons. The lowest BCUT2D eigenvalue weighted by Crippen LogP contribution is -2.47. The van der Waals surface area contributed by atoms with Gasteiger partial charge in [0.1, 0.15) is 5.75 Å². The monoisotopic (exact) mass is 368 g/mol. The minimum atomic E-state index is 0.779. The second-order valence-electron chi connectivity index (χ2n) is 7.16. The fourth-order valence-corrected chi connectivity index (χ4v) is 3.91. The Morgan fingerprint density at radius 1 is 0.815 bits per heavy atom. The van der Waals surface area contributed by atoms with E-state index in [4.69, 9.17) is 9.72 Å². The minimum absolute atomic E-state index is 0.779. The number of anilines is 3. The van der Waals surface area contributed by atoms with Gasteiger partial charge in [-0.05, 0) is 25.0 Å². The van der Waals surface area contributed by atoms with Crippen molar-refractivity contribution < 1.29 is 4.74 Å². The average Bonchev–Trinajstić information content (AvgIpc) is 3.04. The van der Waals surface area contributed by atoms with Crippen molar-refractivity contribution in [2.75, 3.05) is 61.1 Å². The normalized spacial score (nSPS) is 18.3. The summed E-state index contributed by atoms with van der Waals surface area (Å²) in [6, 6.07) is 8.21. The lowest BCUT2D eigenvalue weighted by Gasteiger charge is -2.37. The van der Waals surface area contributed by atoms with Gasteiger partial charge in [-0.1, -0.05) is 25.0 Å². The number of benzene rings is 1. The molecule has 0 aliphatic carbocycles. The van der Waals surface area contributed by atoms with Gasteiger partial charge in [0.05, 0.1) is 19.0 Å².